The number of ether oxygens (including phenoxy) is 2. The summed E-state index contributed by atoms with van der Waals surface area (Å²) in [6.07, 6.45) is 6.62. The molecular weight excluding hydrogens is 352 g/mol. The van der Waals surface area contributed by atoms with E-state index in [1.807, 2.05) is 0 Å². The van der Waals surface area contributed by atoms with E-state index in [2.05, 4.69) is 34.1 Å². The third-order valence-electron chi connectivity index (χ3n) is 4.69. The Kier molecular flexibility index (Phi) is 5.26. The molecule has 1 atom stereocenters. The van der Waals surface area contributed by atoms with Crippen LogP contribution in [-0.4, -0.2) is 24.3 Å². The highest BCUT2D eigenvalue weighted by molar-refractivity contribution is 9.09. The Hall–Kier alpha value is -0.0900. The van der Waals surface area contributed by atoms with E-state index in [0.717, 1.165) is 42.8 Å². The van der Waals surface area contributed by atoms with Crippen LogP contribution >= 0.6 is 27.5 Å². The lowest BCUT2D eigenvalue weighted by atomic mass is 9.79. The van der Waals surface area contributed by atoms with E-state index >= 15 is 0 Å². The summed E-state index contributed by atoms with van der Waals surface area (Å²) in [4.78, 5) is 0. The van der Waals surface area contributed by atoms with Gasteiger partial charge in [0.15, 0.2) is 5.79 Å². The fraction of sp³-hybridized carbons (Fsp3) is 0.647. The molecule has 1 saturated heterocycles. The fourth-order valence-electron chi connectivity index (χ4n) is 3.58. The van der Waals surface area contributed by atoms with Crippen molar-refractivity contribution in [2.24, 2.45) is 5.92 Å². The summed E-state index contributed by atoms with van der Waals surface area (Å²) in [5, 5.41) is 1.85. The highest BCUT2D eigenvalue weighted by Gasteiger charge is 2.45. The lowest BCUT2D eigenvalue weighted by molar-refractivity contribution is -0.212. The second kappa shape index (κ2) is 6.99. The normalized spacial score (nSPS) is 24.6. The van der Waals surface area contributed by atoms with E-state index in [9.17, 15) is 0 Å². The molecule has 21 heavy (non-hydrogen) atoms. The minimum atomic E-state index is -0.337. The molecule has 1 aliphatic heterocycles. The molecular formula is C17H22BrClO2. The molecule has 0 amide bonds. The fourth-order valence-corrected chi connectivity index (χ4v) is 4.32. The van der Waals surface area contributed by atoms with Crippen molar-refractivity contribution in [3.8, 4) is 0 Å². The predicted octanol–water partition coefficient (Wildman–Crippen LogP) is 4.75. The number of hydrogen-bond donors (Lipinski definition) is 0. The number of benzene rings is 1. The van der Waals surface area contributed by atoms with Gasteiger partial charge in [-0.1, -0.05) is 46.1 Å². The van der Waals surface area contributed by atoms with Crippen LogP contribution in [0.5, 0.6) is 0 Å². The van der Waals surface area contributed by atoms with E-state index in [1.165, 1.54) is 30.4 Å². The number of halogens is 2. The summed E-state index contributed by atoms with van der Waals surface area (Å²) in [5.41, 5.74) is 2.51. The molecule has 1 aliphatic carbocycles. The number of rotatable bonds is 4. The van der Waals surface area contributed by atoms with Crippen LogP contribution in [0, 0.1) is 5.92 Å². The molecule has 1 spiro atoms. The van der Waals surface area contributed by atoms with Crippen LogP contribution in [0.1, 0.15) is 36.8 Å². The summed E-state index contributed by atoms with van der Waals surface area (Å²) >= 11 is 9.96. The molecule has 4 heteroatoms. The number of alkyl halides is 1. The smallest absolute Gasteiger partial charge is 0.171 e. The minimum Gasteiger partial charge on any atom is -0.347 e. The Bertz CT molecular complexity index is 486. The van der Waals surface area contributed by atoms with Crippen molar-refractivity contribution in [2.75, 3.05) is 18.5 Å². The summed E-state index contributed by atoms with van der Waals surface area (Å²) in [6, 6.07) is 6.47. The van der Waals surface area contributed by atoms with E-state index < -0.39 is 0 Å². The Morgan fingerprint density at radius 1 is 1.24 bits per heavy atom. The Morgan fingerprint density at radius 2 is 2.05 bits per heavy atom. The second-order valence-corrected chi connectivity index (χ2v) is 7.22. The van der Waals surface area contributed by atoms with Crippen molar-refractivity contribution >= 4 is 27.5 Å². The molecule has 2 nitrogen and oxygen atoms in total. The van der Waals surface area contributed by atoms with Crippen LogP contribution in [0.3, 0.4) is 0 Å². The van der Waals surface area contributed by atoms with Gasteiger partial charge in [-0.15, -0.1) is 0 Å². The van der Waals surface area contributed by atoms with Gasteiger partial charge in [0.05, 0.1) is 13.2 Å². The highest BCUT2D eigenvalue weighted by atomic mass is 79.9. The lowest BCUT2D eigenvalue weighted by Crippen LogP contribution is -2.42. The van der Waals surface area contributed by atoms with Crippen molar-refractivity contribution in [1.82, 2.24) is 0 Å². The SMILES string of the molecule is Clc1cc(CCBr)ccc1CC1CCCCC12OCCO2. The van der Waals surface area contributed by atoms with Gasteiger partial charge in [0.25, 0.3) is 0 Å². The van der Waals surface area contributed by atoms with Crippen molar-refractivity contribution in [3.05, 3.63) is 34.3 Å². The van der Waals surface area contributed by atoms with E-state index in [4.69, 9.17) is 21.1 Å². The Balaban J connectivity index is 1.75. The molecule has 1 aromatic carbocycles. The average Bonchev–Trinajstić information content (AvgIpc) is 2.94. The van der Waals surface area contributed by atoms with E-state index in [1.54, 1.807) is 0 Å². The summed E-state index contributed by atoms with van der Waals surface area (Å²) in [5.74, 6) is 0.0871. The van der Waals surface area contributed by atoms with Gasteiger partial charge in [-0.2, -0.15) is 0 Å². The molecule has 2 aliphatic rings. The van der Waals surface area contributed by atoms with Crippen LogP contribution in [0.15, 0.2) is 18.2 Å². The standard InChI is InChI=1S/C17H22BrClO2/c18-8-6-13-4-5-14(16(19)11-13)12-15-3-1-2-7-17(15)20-9-10-21-17/h4-5,11,15H,1-3,6-10,12H2. The van der Waals surface area contributed by atoms with Gasteiger partial charge in [0, 0.05) is 22.7 Å². The molecule has 116 valence electrons. The molecule has 0 N–H and O–H groups in total. The quantitative estimate of drug-likeness (QED) is 0.709. The van der Waals surface area contributed by atoms with Crippen LogP contribution in [0.4, 0.5) is 0 Å². The van der Waals surface area contributed by atoms with Gasteiger partial charge < -0.3 is 9.47 Å². The Labute approximate surface area is 140 Å². The summed E-state index contributed by atoms with van der Waals surface area (Å²) < 4.78 is 12.0. The summed E-state index contributed by atoms with van der Waals surface area (Å²) in [6.45, 7) is 1.46. The van der Waals surface area contributed by atoms with Crippen molar-refractivity contribution in [1.29, 1.82) is 0 Å². The predicted molar refractivity (Wildman–Crippen MR) is 89.2 cm³/mol. The zero-order valence-corrected chi connectivity index (χ0v) is 14.6. The maximum atomic E-state index is 6.48. The molecule has 0 bridgehead atoms. The van der Waals surface area contributed by atoms with Crippen molar-refractivity contribution < 1.29 is 9.47 Å². The third-order valence-corrected chi connectivity index (χ3v) is 5.44. The van der Waals surface area contributed by atoms with Crippen LogP contribution in [0.2, 0.25) is 5.02 Å². The topological polar surface area (TPSA) is 18.5 Å². The maximum Gasteiger partial charge on any atom is 0.171 e. The van der Waals surface area contributed by atoms with Crippen molar-refractivity contribution in [2.45, 2.75) is 44.3 Å². The molecule has 0 radical (unpaired) electrons. The van der Waals surface area contributed by atoms with Crippen LogP contribution in [-0.2, 0) is 22.3 Å². The molecule has 2 fully saturated rings. The van der Waals surface area contributed by atoms with E-state index in [-0.39, 0.29) is 5.79 Å². The van der Waals surface area contributed by atoms with Crippen molar-refractivity contribution in [3.63, 3.8) is 0 Å². The second-order valence-electron chi connectivity index (χ2n) is 6.02. The average molecular weight is 374 g/mol. The first kappa shape index (κ1) is 15.8. The zero-order valence-electron chi connectivity index (χ0n) is 12.2. The van der Waals surface area contributed by atoms with Crippen LogP contribution < -0.4 is 0 Å². The third kappa shape index (κ3) is 3.47. The monoisotopic (exact) mass is 372 g/mol. The van der Waals surface area contributed by atoms with Crippen LogP contribution in [0.25, 0.3) is 0 Å². The molecule has 3 rings (SSSR count). The van der Waals surface area contributed by atoms with Gasteiger partial charge in [-0.3, -0.25) is 0 Å². The first-order valence-corrected chi connectivity index (χ1v) is 9.35. The number of hydrogen-bond acceptors (Lipinski definition) is 2. The van der Waals surface area contributed by atoms with Gasteiger partial charge in [-0.25, -0.2) is 0 Å². The van der Waals surface area contributed by atoms with Gasteiger partial charge >= 0.3 is 0 Å². The molecule has 1 saturated carbocycles. The van der Waals surface area contributed by atoms with Gasteiger partial charge in [0.1, 0.15) is 0 Å². The lowest BCUT2D eigenvalue weighted by Gasteiger charge is -2.39. The van der Waals surface area contributed by atoms with Gasteiger partial charge in [-0.05, 0) is 42.9 Å². The Morgan fingerprint density at radius 3 is 2.76 bits per heavy atom. The zero-order chi connectivity index (χ0) is 14.7. The molecule has 0 aromatic heterocycles. The van der Waals surface area contributed by atoms with E-state index in [0.29, 0.717) is 5.92 Å². The molecule has 1 aromatic rings. The maximum absolute atomic E-state index is 6.48. The first-order chi connectivity index (χ1) is 10.2. The minimum absolute atomic E-state index is 0.337. The summed E-state index contributed by atoms with van der Waals surface area (Å²) in [7, 11) is 0. The molecule has 1 heterocycles. The molecule has 1 unspecified atom stereocenters. The van der Waals surface area contributed by atoms with Gasteiger partial charge in [0.2, 0.25) is 0 Å². The first-order valence-electron chi connectivity index (χ1n) is 7.85. The largest absolute Gasteiger partial charge is 0.347 e. The number of aryl methyl sites for hydroxylation is 1. The highest BCUT2D eigenvalue weighted by Crippen LogP contribution is 2.42.